The molecule has 4 N–H and O–H groups in total. The van der Waals surface area contributed by atoms with Gasteiger partial charge >= 0.3 is 11.7 Å². The molecule has 33 heavy (non-hydrogen) atoms. The third-order valence-electron chi connectivity index (χ3n) is 5.97. The molecular weight excluding hydrogens is 464 g/mol. The van der Waals surface area contributed by atoms with Crippen LogP contribution in [0, 0.1) is 0 Å². The highest BCUT2D eigenvalue weighted by molar-refractivity contribution is 7.17. The molecule has 168 valence electrons. The van der Waals surface area contributed by atoms with Gasteiger partial charge in [-0.15, -0.1) is 11.3 Å². The molecule has 10 heteroatoms. The molecule has 0 aliphatic carbocycles. The number of rotatable bonds is 5. The third kappa shape index (κ3) is 3.79. The van der Waals surface area contributed by atoms with E-state index in [1.165, 1.54) is 6.20 Å². The summed E-state index contributed by atoms with van der Waals surface area (Å²) in [6, 6.07) is 11.3. The van der Waals surface area contributed by atoms with Gasteiger partial charge in [0.2, 0.25) is 0 Å². The summed E-state index contributed by atoms with van der Waals surface area (Å²) in [5.41, 5.74) is 2.41. The first-order valence-electron chi connectivity index (χ1n) is 10.2. The molecule has 2 aromatic carbocycles. The molecular formula is C23H19ClN4O4S. The third-order valence-corrected chi connectivity index (χ3v) is 7.22. The summed E-state index contributed by atoms with van der Waals surface area (Å²) < 4.78 is 1.66. The van der Waals surface area contributed by atoms with Gasteiger partial charge < -0.3 is 20.8 Å². The number of hydrogen-bond donors (Lipinski definition) is 3. The van der Waals surface area contributed by atoms with Gasteiger partial charge in [0.25, 0.3) is 5.56 Å². The van der Waals surface area contributed by atoms with Gasteiger partial charge in [0.1, 0.15) is 0 Å². The number of H-pyrrole nitrogens is 1. The number of nitrogens with two attached hydrogens (primary N) is 1. The van der Waals surface area contributed by atoms with E-state index in [1.54, 1.807) is 17.4 Å². The Morgan fingerprint density at radius 1 is 1.24 bits per heavy atom. The fourth-order valence-corrected chi connectivity index (χ4v) is 5.51. The largest absolute Gasteiger partial charge is 0.481 e. The second-order valence-electron chi connectivity index (χ2n) is 8.03. The van der Waals surface area contributed by atoms with Gasteiger partial charge in [0, 0.05) is 40.6 Å². The Hall–Kier alpha value is -3.56. The van der Waals surface area contributed by atoms with Crippen molar-refractivity contribution in [1.82, 2.24) is 9.66 Å². The SMILES string of the molecule is Nn1c(=O)[nH]cc(-c2ccc3c(c2)N(Cc2csc4ccc(Cl)cc24)CC3CC(=O)O)c1=O. The van der Waals surface area contributed by atoms with Crippen LogP contribution in [0.1, 0.15) is 23.5 Å². The molecule has 0 saturated carbocycles. The second kappa shape index (κ2) is 8.09. The number of aromatic nitrogens is 2. The van der Waals surface area contributed by atoms with E-state index in [4.69, 9.17) is 17.4 Å². The molecule has 0 amide bonds. The molecule has 0 saturated heterocycles. The number of nitrogens with one attached hydrogen (secondary N) is 1. The van der Waals surface area contributed by atoms with Crippen molar-refractivity contribution in [1.29, 1.82) is 0 Å². The van der Waals surface area contributed by atoms with Crippen LogP contribution in [0.25, 0.3) is 21.2 Å². The number of hydrogen-bond acceptors (Lipinski definition) is 6. The monoisotopic (exact) mass is 482 g/mol. The van der Waals surface area contributed by atoms with Crippen LogP contribution in [-0.4, -0.2) is 27.3 Å². The van der Waals surface area contributed by atoms with Crippen molar-refractivity contribution in [3.63, 3.8) is 0 Å². The van der Waals surface area contributed by atoms with Crippen LogP contribution in [-0.2, 0) is 11.3 Å². The van der Waals surface area contributed by atoms with Gasteiger partial charge in [-0.05, 0) is 51.7 Å². The summed E-state index contributed by atoms with van der Waals surface area (Å²) >= 11 is 7.84. The number of aliphatic carboxylic acids is 1. The first-order chi connectivity index (χ1) is 15.8. The van der Waals surface area contributed by atoms with Crippen LogP contribution in [0.4, 0.5) is 5.69 Å². The van der Waals surface area contributed by atoms with Crippen LogP contribution in [0.3, 0.4) is 0 Å². The van der Waals surface area contributed by atoms with E-state index in [-0.39, 0.29) is 17.9 Å². The molecule has 1 aliphatic rings. The van der Waals surface area contributed by atoms with Crippen molar-refractivity contribution in [3.8, 4) is 11.1 Å². The Balaban J connectivity index is 1.58. The Morgan fingerprint density at radius 2 is 2.06 bits per heavy atom. The lowest BCUT2D eigenvalue weighted by atomic mass is 9.96. The van der Waals surface area contributed by atoms with E-state index in [9.17, 15) is 19.5 Å². The molecule has 1 aliphatic heterocycles. The molecule has 8 nitrogen and oxygen atoms in total. The normalized spacial score (nSPS) is 15.2. The van der Waals surface area contributed by atoms with Crippen molar-refractivity contribution >= 4 is 44.7 Å². The molecule has 0 fully saturated rings. The van der Waals surface area contributed by atoms with E-state index in [1.807, 2.05) is 30.3 Å². The van der Waals surface area contributed by atoms with E-state index in [0.717, 1.165) is 26.9 Å². The highest BCUT2D eigenvalue weighted by Gasteiger charge is 2.31. The van der Waals surface area contributed by atoms with E-state index in [2.05, 4.69) is 15.3 Å². The van der Waals surface area contributed by atoms with Crippen molar-refractivity contribution in [2.45, 2.75) is 18.9 Å². The molecule has 5 rings (SSSR count). The maximum absolute atomic E-state index is 12.5. The maximum Gasteiger partial charge on any atom is 0.347 e. The van der Waals surface area contributed by atoms with Gasteiger partial charge in [0.15, 0.2) is 0 Å². The number of carboxylic acid groups (broad SMARTS) is 1. The first kappa shape index (κ1) is 21.3. The van der Waals surface area contributed by atoms with Crippen molar-refractivity contribution in [2.75, 3.05) is 17.3 Å². The van der Waals surface area contributed by atoms with Crippen LogP contribution < -0.4 is 22.0 Å². The zero-order valence-electron chi connectivity index (χ0n) is 17.2. The van der Waals surface area contributed by atoms with Gasteiger partial charge in [-0.25, -0.2) is 4.79 Å². The van der Waals surface area contributed by atoms with Crippen molar-refractivity contribution < 1.29 is 9.90 Å². The van der Waals surface area contributed by atoms with Crippen LogP contribution in [0.5, 0.6) is 0 Å². The van der Waals surface area contributed by atoms with E-state index < -0.39 is 17.2 Å². The topological polar surface area (TPSA) is 121 Å². The summed E-state index contributed by atoms with van der Waals surface area (Å²) in [4.78, 5) is 40.2. The number of nitrogens with zero attached hydrogens (tertiary/aromatic N) is 2. The van der Waals surface area contributed by atoms with Gasteiger partial charge in [-0.3, -0.25) is 9.59 Å². The minimum absolute atomic E-state index is 0.00726. The lowest BCUT2D eigenvalue weighted by molar-refractivity contribution is -0.137. The van der Waals surface area contributed by atoms with Gasteiger partial charge in [-0.2, -0.15) is 4.68 Å². The summed E-state index contributed by atoms with van der Waals surface area (Å²) in [7, 11) is 0. The predicted molar refractivity (Wildman–Crippen MR) is 130 cm³/mol. The summed E-state index contributed by atoms with van der Waals surface area (Å²) in [6.45, 7) is 1.11. The van der Waals surface area contributed by atoms with Crippen molar-refractivity contribution in [2.24, 2.45) is 0 Å². The average molecular weight is 483 g/mol. The molecule has 1 atom stereocenters. The average Bonchev–Trinajstić information content (AvgIpc) is 3.33. The molecule has 2 aromatic heterocycles. The molecule has 1 unspecified atom stereocenters. The highest BCUT2D eigenvalue weighted by Crippen LogP contribution is 2.42. The van der Waals surface area contributed by atoms with E-state index in [0.29, 0.717) is 28.4 Å². The molecule has 3 heterocycles. The van der Waals surface area contributed by atoms with E-state index >= 15 is 0 Å². The lowest BCUT2D eigenvalue weighted by Gasteiger charge is -2.20. The number of aromatic amines is 1. The molecule has 0 spiro atoms. The smallest absolute Gasteiger partial charge is 0.347 e. The quantitative estimate of drug-likeness (QED) is 0.375. The number of thiophene rings is 1. The predicted octanol–water partition coefficient (Wildman–Crippen LogP) is 3.36. The number of halogens is 1. The van der Waals surface area contributed by atoms with Crippen LogP contribution in [0.2, 0.25) is 5.02 Å². The standard InChI is InChI=1S/C23H19ClN4O4S/c24-15-2-4-20-17(7-15)14(11-33-20)10-27-9-13(6-21(29)30)16-3-1-12(5-19(16)27)18-8-26-23(32)28(25)22(18)31/h1-5,7-8,11,13H,6,9-10,25H2,(H,26,32)(H,29,30). The summed E-state index contributed by atoms with van der Waals surface area (Å²) in [5.74, 6) is 4.52. The summed E-state index contributed by atoms with van der Waals surface area (Å²) in [5, 5.41) is 13.2. The number of fused-ring (bicyclic) bond motifs is 2. The number of anilines is 1. The Bertz CT molecular complexity index is 1520. The number of carboxylic acids is 1. The Labute approximate surface area is 196 Å². The number of carbonyl (C=O) groups is 1. The zero-order valence-corrected chi connectivity index (χ0v) is 18.8. The number of benzene rings is 2. The van der Waals surface area contributed by atoms with Crippen molar-refractivity contribution in [3.05, 3.63) is 85.0 Å². The fourth-order valence-electron chi connectivity index (χ4n) is 4.40. The van der Waals surface area contributed by atoms with Crippen LogP contribution >= 0.6 is 22.9 Å². The van der Waals surface area contributed by atoms with Crippen LogP contribution in [0.15, 0.2) is 57.6 Å². The Kier molecular flexibility index (Phi) is 5.22. The van der Waals surface area contributed by atoms with Gasteiger partial charge in [-0.1, -0.05) is 23.7 Å². The minimum atomic E-state index is -0.865. The first-order valence-corrected chi connectivity index (χ1v) is 11.4. The van der Waals surface area contributed by atoms with Gasteiger partial charge in [0.05, 0.1) is 12.0 Å². The maximum atomic E-state index is 12.5. The highest BCUT2D eigenvalue weighted by atomic mass is 35.5. The molecule has 0 radical (unpaired) electrons. The lowest BCUT2D eigenvalue weighted by Crippen LogP contribution is -2.41. The minimum Gasteiger partial charge on any atom is -0.481 e. The molecule has 0 bridgehead atoms. The number of nitrogen functional groups attached to an aromatic ring is 1. The fraction of sp³-hybridized carbons (Fsp3) is 0.174. The zero-order chi connectivity index (χ0) is 23.3. The molecule has 4 aromatic rings. The summed E-state index contributed by atoms with van der Waals surface area (Å²) in [6.07, 6.45) is 1.35. The second-order valence-corrected chi connectivity index (χ2v) is 9.38. The Morgan fingerprint density at radius 3 is 2.85 bits per heavy atom.